The van der Waals surface area contributed by atoms with Gasteiger partial charge in [0.15, 0.2) is 22.3 Å². The van der Waals surface area contributed by atoms with Gasteiger partial charge in [-0.1, -0.05) is 24.3 Å². The van der Waals surface area contributed by atoms with E-state index in [0.717, 1.165) is 34.4 Å². The number of rotatable bonds is 9. The predicted octanol–water partition coefficient (Wildman–Crippen LogP) is 6.74. The summed E-state index contributed by atoms with van der Waals surface area (Å²) in [6.45, 7) is 0.595. The van der Waals surface area contributed by atoms with Gasteiger partial charge in [-0.2, -0.15) is 0 Å². The van der Waals surface area contributed by atoms with Crippen LogP contribution in [-0.2, 0) is 0 Å². The van der Waals surface area contributed by atoms with Crippen molar-refractivity contribution in [3.05, 3.63) is 106 Å². The van der Waals surface area contributed by atoms with Crippen LogP contribution in [0.3, 0.4) is 0 Å². The molecular weight excluding hydrogens is 488 g/mol. The highest BCUT2D eigenvalue weighted by Gasteiger charge is 2.15. The summed E-state index contributed by atoms with van der Waals surface area (Å²) >= 11 is 0. The summed E-state index contributed by atoms with van der Waals surface area (Å²) < 4.78 is 33.7. The molecule has 0 fully saturated rings. The van der Waals surface area contributed by atoms with E-state index in [9.17, 15) is 9.59 Å². The fraction of sp³-hybridized carbons (Fsp3) is 0.133. The van der Waals surface area contributed by atoms with Crippen molar-refractivity contribution in [3.63, 3.8) is 0 Å². The first kappa shape index (κ1) is 23.4. The molecule has 0 aliphatic rings. The molecule has 6 rings (SSSR count). The Labute approximate surface area is 215 Å². The molecule has 0 bridgehead atoms. The van der Waals surface area contributed by atoms with Gasteiger partial charge in [-0.25, -0.2) is 9.59 Å². The molecule has 8 heteroatoms. The molecule has 0 N–H and O–H groups in total. The lowest BCUT2D eigenvalue weighted by Gasteiger charge is -2.07. The molecule has 0 spiro atoms. The standard InChI is InChI=1S/C30H22O8/c31-23-9-7-19-17-21-11-15-35-25(21)29(27(19)37-23)33-13-5-3-1-2-4-6-14-34-30-26-22(12-16-36-26)18-20-8-10-24(32)38-28(20)30/h3-12,15-18H,1-2,13-14H2/b5-3+,6-4+. The van der Waals surface area contributed by atoms with Crippen LogP contribution in [-0.4, -0.2) is 13.2 Å². The molecule has 0 saturated carbocycles. The van der Waals surface area contributed by atoms with Gasteiger partial charge in [0.1, 0.15) is 13.2 Å². The second-order valence-electron chi connectivity index (χ2n) is 8.58. The van der Waals surface area contributed by atoms with Crippen LogP contribution >= 0.6 is 0 Å². The minimum absolute atomic E-state index is 0.297. The van der Waals surface area contributed by atoms with Crippen molar-refractivity contribution < 1.29 is 27.1 Å². The van der Waals surface area contributed by atoms with E-state index in [1.165, 1.54) is 12.1 Å². The minimum Gasteiger partial charge on any atom is -0.482 e. The first-order chi connectivity index (χ1) is 18.7. The third-order valence-electron chi connectivity index (χ3n) is 6.05. The topological polar surface area (TPSA) is 105 Å². The molecule has 38 heavy (non-hydrogen) atoms. The first-order valence-electron chi connectivity index (χ1n) is 12.1. The Hall–Kier alpha value is -4.98. The molecule has 0 atom stereocenters. The summed E-state index contributed by atoms with van der Waals surface area (Å²) in [6, 6.07) is 13.6. The normalized spacial score (nSPS) is 12.1. The van der Waals surface area contributed by atoms with E-state index >= 15 is 0 Å². The second-order valence-corrected chi connectivity index (χ2v) is 8.58. The van der Waals surface area contributed by atoms with Crippen LogP contribution in [0.25, 0.3) is 43.9 Å². The van der Waals surface area contributed by atoms with E-state index in [0.29, 0.717) is 47.0 Å². The molecule has 0 aliphatic carbocycles. The van der Waals surface area contributed by atoms with Crippen molar-refractivity contribution in [1.29, 1.82) is 0 Å². The molecule has 2 aromatic carbocycles. The van der Waals surface area contributed by atoms with Crippen molar-refractivity contribution in [2.24, 2.45) is 0 Å². The van der Waals surface area contributed by atoms with Gasteiger partial charge in [0, 0.05) is 33.7 Å². The van der Waals surface area contributed by atoms with Crippen LogP contribution in [0.1, 0.15) is 12.8 Å². The maximum atomic E-state index is 11.7. The van der Waals surface area contributed by atoms with Gasteiger partial charge in [-0.05, 0) is 49.2 Å². The second kappa shape index (κ2) is 10.2. The number of unbranched alkanes of at least 4 members (excludes halogenated alkanes) is 1. The molecular formula is C30H22O8. The highest BCUT2D eigenvalue weighted by atomic mass is 16.5. The summed E-state index contributed by atoms with van der Waals surface area (Å²) in [7, 11) is 0. The fourth-order valence-corrected chi connectivity index (χ4v) is 4.30. The number of hydrogen-bond donors (Lipinski definition) is 0. The van der Waals surface area contributed by atoms with E-state index in [1.54, 1.807) is 24.7 Å². The Bertz CT molecular complexity index is 1790. The molecule has 190 valence electrons. The lowest BCUT2D eigenvalue weighted by Crippen LogP contribution is -1.99. The summed E-state index contributed by atoms with van der Waals surface area (Å²) in [5.74, 6) is 0.827. The third-order valence-corrected chi connectivity index (χ3v) is 6.05. The highest BCUT2D eigenvalue weighted by Crippen LogP contribution is 2.36. The number of benzene rings is 2. The number of furan rings is 2. The van der Waals surface area contributed by atoms with Gasteiger partial charge < -0.3 is 27.1 Å². The van der Waals surface area contributed by atoms with E-state index in [-0.39, 0.29) is 0 Å². The fourth-order valence-electron chi connectivity index (χ4n) is 4.30. The molecule has 6 aromatic rings. The predicted molar refractivity (Wildman–Crippen MR) is 143 cm³/mol. The maximum absolute atomic E-state index is 11.7. The van der Waals surface area contributed by atoms with Crippen LogP contribution in [0, 0.1) is 0 Å². The SMILES string of the molecule is O=c1ccc2cc3ccoc3c(OC/C=C/CC/C=C/COc3c4occc4cc4ccc(=O)oc34)c2o1. The Morgan fingerprint density at radius 1 is 0.553 bits per heavy atom. The van der Waals surface area contributed by atoms with Crippen molar-refractivity contribution in [2.45, 2.75) is 12.8 Å². The zero-order chi connectivity index (χ0) is 25.9. The molecule has 4 heterocycles. The van der Waals surface area contributed by atoms with E-state index in [1.807, 2.05) is 48.6 Å². The minimum atomic E-state index is -0.446. The average Bonchev–Trinajstić information content (AvgIpc) is 3.58. The van der Waals surface area contributed by atoms with Crippen LogP contribution in [0.2, 0.25) is 0 Å². The van der Waals surface area contributed by atoms with Crippen LogP contribution in [0.15, 0.2) is 113 Å². The average molecular weight is 510 g/mol. The van der Waals surface area contributed by atoms with E-state index < -0.39 is 11.3 Å². The summed E-state index contributed by atoms with van der Waals surface area (Å²) in [5.41, 5.74) is 0.930. The summed E-state index contributed by atoms with van der Waals surface area (Å²) in [6.07, 6.45) is 12.6. The monoisotopic (exact) mass is 510 g/mol. The molecule has 0 unspecified atom stereocenters. The Morgan fingerprint density at radius 3 is 1.47 bits per heavy atom. The van der Waals surface area contributed by atoms with Crippen molar-refractivity contribution >= 4 is 43.9 Å². The quantitative estimate of drug-likeness (QED) is 0.120. The van der Waals surface area contributed by atoms with E-state index in [2.05, 4.69) is 0 Å². The molecule has 4 aromatic heterocycles. The third kappa shape index (κ3) is 4.59. The summed E-state index contributed by atoms with van der Waals surface area (Å²) in [4.78, 5) is 23.5. The van der Waals surface area contributed by atoms with Gasteiger partial charge in [0.05, 0.1) is 12.5 Å². The number of fused-ring (bicyclic) bond motifs is 4. The Balaban J connectivity index is 1.04. The molecule has 0 radical (unpaired) electrons. The van der Waals surface area contributed by atoms with E-state index in [4.69, 9.17) is 27.1 Å². The molecule has 0 saturated heterocycles. The zero-order valence-corrected chi connectivity index (χ0v) is 20.2. The Kier molecular flexibility index (Phi) is 6.27. The first-order valence-corrected chi connectivity index (χ1v) is 12.1. The maximum Gasteiger partial charge on any atom is 0.336 e. The van der Waals surface area contributed by atoms with Gasteiger partial charge in [-0.3, -0.25) is 0 Å². The van der Waals surface area contributed by atoms with Gasteiger partial charge >= 0.3 is 11.3 Å². The zero-order valence-electron chi connectivity index (χ0n) is 20.2. The summed E-state index contributed by atoms with van der Waals surface area (Å²) in [5, 5.41) is 3.28. The lowest BCUT2D eigenvalue weighted by molar-refractivity contribution is 0.355. The smallest absolute Gasteiger partial charge is 0.336 e. The van der Waals surface area contributed by atoms with Crippen molar-refractivity contribution in [2.75, 3.05) is 13.2 Å². The number of hydrogen-bond acceptors (Lipinski definition) is 8. The number of allylic oxidation sites excluding steroid dienone is 2. The van der Waals surface area contributed by atoms with Crippen LogP contribution in [0.5, 0.6) is 11.5 Å². The molecule has 0 amide bonds. The van der Waals surface area contributed by atoms with Crippen LogP contribution < -0.4 is 20.7 Å². The molecule has 0 aliphatic heterocycles. The largest absolute Gasteiger partial charge is 0.482 e. The van der Waals surface area contributed by atoms with Crippen molar-refractivity contribution in [1.82, 2.24) is 0 Å². The van der Waals surface area contributed by atoms with Crippen molar-refractivity contribution in [3.8, 4) is 11.5 Å². The highest BCUT2D eigenvalue weighted by molar-refractivity contribution is 6.00. The van der Waals surface area contributed by atoms with Gasteiger partial charge in [-0.15, -0.1) is 0 Å². The van der Waals surface area contributed by atoms with Gasteiger partial charge in [0.25, 0.3) is 0 Å². The lowest BCUT2D eigenvalue weighted by atomic mass is 10.1. The van der Waals surface area contributed by atoms with Crippen LogP contribution in [0.4, 0.5) is 0 Å². The number of ether oxygens (including phenoxy) is 2. The van der Waals surface area contributed by atoms with Gasteiger partial charge in [0.2, 0.25) is 11.5 Å². The Morgan fingerprint density at radius 2 is 1.00 bits per heavy atom. The molecule has 8 nitrogen and oxygen atoms in total.